The highest BCUT2D eigenvalue weighted by Gasteiger charge is 2.15. The lowest BCUT2D eigenvalue weighted by Gasteiger charge is -2.14. The minimum atomic E-state index is -0.231. The quantitative estimate of drug-likeness (QED) is 0.241. The highest BCUT2D eigenvalue weighted by Crippen LogP contribution is 2.26. The van der Waals surface area contributed by atoms with Crippen molar-refractivity contribution in [1.82, 2.24) is 9.66 Å². The van der Waals surface area contributed by atoms with Crippen molar-refractivity contribution < 1.29 is 4.74 Å². The first-order valence-corrected chi connectivity index (χ1v) is 12.2. The monoisotopic (exact) mass is 548 g/mol. The number of aromatic nitrogens is 2. The van der Waals surface area contributed by atoms with Gasteiger partial charge in [0.05, 0.1) is 33.8 Å². The van der Waals surface area contributed by atoms with Gasteiger partial charge < -0.3 is 4.74 Å². The molecule has 0 unspecified atom stereocenters. The molecular formula is C27H22BrClN4O2. The Labute approximate surface area is 216 Å². The maximum Gasteiger partial charge on any atom is 0.282 e. The summed E-state index contributed by atoms with van der Waals surface area (Å²) in [5, 5.41) is 14.6. The SMILES string of the molecule is CC[C@@H](C)c1nc2ccc(Br)cc2c(=O)n1N=Cc1ccc(OCc2ccccc2C#N)c(Cl)c1. The van der Waals surface area contributed by atoms with Gasteiger partial charge in [0, 0.05) is 16.0 Å². The number of fused-ring (bicyclic) bond motifs is 1. The Morgan fingerprint density at radius 3 is 2.77 bits per heavy atom. The highest BCUT2D eigenvalue weighted by atomic mass is 79.9. The van der Waals surface area contributed by atoms with Crippen LogP contribution in [0.1, 0.15) is 48.7 Å². The van der Waals surface area contributed by atoms with E-state index in [1.54, 1.807) is 36.5 Å². The second-order valence-electron chi connectivity index (χ2n) is 8.05. The van der Waals surface area contributed by atoms with Crippen LogP contribution in [-0.4, -0.2) is 15.9 Å². The lowest BCUT2D eigenvalue weighted by atomic mass is 10.1. The fraction of sp³-hybridized carbons (Fsp3) is 0.185. The van der Waals surface area contributed by atoms with Crippen LogP contribution >= 0.6 is 27.5 Å². The Morgan fingerprint density at radius 1 is 1.23 bits per heavy atom. The van der Waals surface area contributed by atoms with E-state index in [1.165, 1.54) is 4.68 Å². The van der Waals surface area contributed by atoms with Gasteiger partial charge in [-0.15, -0.1) is 0 Å². The van der Waals surface area contributed by atoms with Crippen LogP contribution in [0.2, 0.25) is 5.02 Å². The van der Waals surface area contributed by atoms with Crippen molar-refractivity contribution in [3.8, 4) is 11.8 Å². The third-order valence-electron chi connectivity index (χ3n) is 5.69. The number of rotatable bonds is 7. The van der Waals surface area contributed by atoms with E-state index >= 15 is 0 Å². The molecule has 0 aliphatic carbocycles. The normalized spacial score (nSPS) is 12.1. The minimum absolute atomic E-state index is 0.0450. The molecule has 3 aromatic carbocycles. The van der Waals surface area contributed by atoms with Gasteiger partial charge in [-0.05, 0) is 54.4 Å². The molecule has 1 heterocycles. The molecule has 0 bridgehead atoms. The topological polar surface area (TPSA) is 80.3 Å². The fourth-order valence-corrected chi connectivity index (χ4v) is 4.13. The molecule has 0 saturated carbocycles. The Kier molecular flexibility index (Phi) is 7.64. The first kappa shape index (κ1) is 24.6. The van der Waals surface area contributed by atoms with E-state index in [1.807, 2.05) is 44.2 Å². The van der Waals surface area contributed by atoms with Gasteiger partial charge in [-0.25, -0.2) is 4.98 Å². The maximum absolute atomic E-state index is 13.3. The Hall–Kier alpha value is -3.47. The van der Waals surface area contributed by atoms with Crippen molar-refractivity contribution in [2.24, 2.45) is 5.10 Å². The molecule has 6 nitrogen and oxygen atoms in total. The summed E-state index contributed by atoms with van der Waals surface area (Å²) >= 11 is 9.87. The molecule has 176 valence electrons. The summed E-state index contributed by atoms with van der Waals surface area (Å²) in [5.41, 5.74) is 2.46. The standard InChI is InChI=1S/C27H22BrClN4O2/c1-3-17(2)26-32-24-10-9-21(28)13-22(24)27(34)33(26)31-15-18-8-11-25(23(29)12-18)35-16-20-7-5-4-6-19(20)14-30/h4-13,15,17H,3,16H2,1-2H3/t17-/m1/s1. The average Bonchev–Trinajstić information content (AvgIpc) is 2.87. The van der Waals surface area contributed by atoms with Gasteiger partial charge in [0.1, 0.15) is 18.2 Å². The van der Waals surface area contributed by atoms with Crippen LogP contribution in [0.4, 0.5) is 0 Å². The summed E-state index contributed by atoms with van der Waals surface area (Å²) in [4.78, 5) is 18.0. The molecule has 1 aromatic heterocycles. The van der Waals surface area contributed by atoms with Crippen LogP contribution in [0.25, 0.3) is 10.9 Å². The molecule has 0 radical (unpaired) electrons. The van der Waals surface area contributed by atoms with E-state index in [0.29, 0.717) is 38.6 Å². The predicted molar refractivity (Wildman–Crippen MR) is 142 cm³/mol. The first-order chi connectivity index (χ1) is 16.9. The molecule has 35 heavy (non-hydrogen) atoms. The average molecular weight is 550 g/mol. The van der Waals surface area contributed by atoms with Gasteiger partial charge in [0.25, 0.3) is 5.56 Å². The van der Waals surface area contributed by atoms with Gasteiger partial charge in [0.15, 0.2) is 0 Å². The van der Waals surface area contributed by atoms with Crippen molar-refractivity contribution in [1.29, 1.82) is 5.26 Å². The van der Waals surface area contributed by atoms with Crippen molar-refractivity contribution in [3.05, 3.63) is 103 Å². The molecular weight excluding hydrogens is 528 g/mol. The Bertz CT molecular complexity index is 1520. The van der Waals surface area contributed by atoms with Crippen LogP contribution in [-0.2, 0) is 6.61 Å². The molecule has 4 rings (SSSR count). The smallest absolute Gasteiger partial charge is 0.282 e. The van der Waals surface area contributed by atoms with Gasteiger partial charge >= 0.3 is 0 Å². The molecule has 0 N–H and O–H groups in total. The number of benzene rings is 3. The molecule has 0 aliphatic heterocycles. The molecule has 4 aromatic rings. The number of halogens is 2. The van der Waals surface area contributed by atoms with E-state index < -0.39 is 0 Å². The van der Waals surface area contributed by atoms with Crippen molar-refractivity contribution >= 4 is 44.6 Å². The summed E-state index contributed by atoms with van der Waals surface area (Å²) in [5.74, 6) is 1.14. The predicted octanol–water partition coefficient (Wildman–Crippen LogP) is 6.66. The lowest BCUT2D eigenvalue weighted by molar-refractivity contribution is 0.306. The molecule has 0 aliphatic rings. The Morgan fingerprint density at radius 2 is 2.03 bits per heavy atom. The summed E-state index contributed by atoms with van der Waals surface area (Å²) < 4.78 is 7.99. The van der Waals surface area contributed by atoms with Crippen LogP contribution < -0.4 is 10.3 Å². The van der Waals surface area contributed by atoms with Crippen LogP contribution in [0.3, 0.4) is 0 Å². The number of hydrogen-bond donors (Lipinski definition) is 0. The number of ether oxygens (including phenoxy) is 1. The van der Waals surface area contributed by atoms with Gasteiger partial charge in [0.2, 0.25) is 0 Å². The van der Waals surface area contributed by atoms with Gasteiger partial charge in [-0.2, -0.15) is 15.0 Å². The minimum Gasteiger partial charge on any atom is -0.487 e. The van der Waals surface area contributed by atoms with Crippen molar-refractivity contribution in [3.63, 3.8) is 0 Å². The van der Waals surface area contributed by atoms with Crippen LogP contribution in [0.5, 0.6) is 5.75 Å². The van der Waals surface area contributed by atoms with Crippen LogP contribution in [0, 0.1) is 11.3 Å². The molecule has 0 fully saturated rings. The second kappa shape index (κ2) is 10.9. The zero-order valence-electron chi connectivity index (χ0n) is 19.2. The van der Waals surface area contributed by atoms with Gasteiger partial charge in [-0.1, -0.05) is 59.6 Å². The van der Waals surface area contributed by atoms with E-state index in [4.69, 9.17) is 21.3 Å². The third kappa shape index (κ3) is 5.45. The highest BCUT2D eigenvalue weighted by molar-refractivity contribution is 9.10. The van der Waals surface area contributed by atoms with Crippen molar-refractivity contribution in [2.45, 2.75) is 32.8 Å². The molecule has 1 atom stereocenters. The zero-order valence-corrected chi connectivity index (χ0v) is 21.5. The van der Waals surface area contributed by atoms with E-state index in [9.17, 15) is 10.1 Å². The molecule has 8 heteroatoms. The van der Waals surface area contributed by atoms with E-state index in [-0.39, 0.29) is 18.1 Å². The molecule has 0 amide bonds. The summed E-state index contributed by atoms with van der Waals surface area (Å²) in [7, 11) is 0. The number of nitriles is 1. The number of nitrogens with zero attached hydrogens (tertiary/aromatic N) is 4. The number of hydrogen-bond acceptors (Lipinski definition) is 5. The first-order valence-electron chi connectivity index (χ1n) is 11.1. The summed E-state index contributed by atoms with van der Waals surface area (Å²) in [6.45, 7) is 4.29. The summed E-state index contributed by atoms with van der Waals surface area (Å²) in [6.07, 6.45) is 2.40. The Balaban J connectivity index is 1.63. The zero-order chi connectivity index (χ0) is 24.9. The molecule has 0 spiro atoms. The third-order valence-corrected chi connectivity index (χ3v) is 6.47. The van der Waals surface area contributed by atoms with E-state index in [2.05, 4.69) is 27.1 Å². The maximum atomic E-state index is 13.3. The van der Waals surface area contributed by atoms with E-state index in [0.717, 1.165) is 16.5 Å². The fourth-order valence-electron chi connectivity index (χ4n) is 3.53. The van der Waals surface area contributed by atoms with Crippen LogP contribution in [0.15, 0.2) is 75.0 Å². The molecule has 0 saturated heterocycles. The van der Waals surface area contributed by atoms with Crippen molar-refractivity contribution in [2.75, 3.05) is 0 Å². The largest absolute Gasteiger partial charge is 0.487 e. The summed E-state index contributed by atoms with van der Waals surface area (Å²) in [6, 6.07) is 20.1. The van der Waals surface area contributed by atoms with Gasteiger partial charge in [-0.3, -0.25) is 4.79 Å². The lowest BCUT2D eigenvalue weighted by Crippen LogP contribution is -2.23. The second-order valence-corrected chi connectivity index (χ2v) is 9.37.